The predicted molar refractivity (Wildman–Crippen MR) is 83.2 cm³/mol. The maximum absolute atomic E-state index is 12.3. The molecule has 0 radical (unpaired) electrons. The molecule has 106 valence electrons. The molecule has 0 aliphatic heterocycles. The van der Waals surface area contributed by atoms with Crippen molar-refractivity contribution >= 4 is 29.0 Å². The number of anilines is 2. The molecule has 2 aromatic rings. The van der Waals surface area contributed by atoms with Gasteiger partial charge >= 0.3 is 0 Å². The molecule has 0 fully saturated rings. The highest BCUT2D eigenvalue weighted by Gasteiger charge is 2.19. The number of nitrogens with zero attached hydrogens (tertiary/aromatic N) is 2. The van der Waals surface area contributed by atoms with E-state index in [4.69, 9.17) is 5.73 Å². The molecule has 1 heterocycles. The van der Waals surface area contributed by atoms with E-state index in [0.29, 0.717) is 23.6 Å². The minimum atomic E-state index is -0.234. The fourth-order valence-electron chi connectivity index (χ4n) is 1.93. The summed E-state index contributed by atoms with van der Waals surface area (Å²) >= 11 is 1.66. The fourth-order valence-corrected chi connectivity index (χ4v) is 2.34. The SMILES string of the molecule is CCn1nc(C)c(N)c1C(=O)Nc1ccc(SC)cc1. The Balaban J connectivity index is 2.23. The summed E-state index contributed by atoms with van der Waals surface area (Å²) < 4.78 is 1.62. The van der Waals surface area contributed by atoms with Crippen LogP contribution in [0.4, 0.5) is 11.4 Å². The van der Waals surface area contributed by atoms with Gasteiger partial charge in [0.25, 0.3) is 5.91 Å². The van der Waals surface area contributed by atoms with Crippen LogP contribution in [-0.4, -0.2) is 21.9 Å². The normalized spacial score (nSPS) is 10.6. The van der Waals surface area contributed by atoms with Gasteiger partial charge < -0.3 is 11.1 Å². The Morgan fingerprint density at radius 3 is 2.60 bits per heavy atom. The smallest absolute Gasteiger partial charge is 0.276 e. The lowest BCUT2D eigenvalue weighted by Crippen LogP contribution is -2.18. The molecule has 0 unspecified atom stereocenters. The van der Waals surface area contributed by atoms with E-state index in [2.05, 4.69) is 10.4 Å². The van der Waals surface area contributed by atoms with Crippen LogP contribution < -0.4 is 11.1 Å². The first kappa shape index (κ1) is 14.5. The second kappa shape index (κ2) is 6.00. The number of carbonyl (C=O) groups excluding carboxylic acids is 1. The van der Waals surface area contributed by atoms with E-state index in [1.807, 2.05) is 37.4 Å². The number of amides is 1. The number of hydrogen-bond acceptors (Lipinski definition) is 4. The summed E-state index contributed by atoms with van der Waals surface area (Å²) in [5, 5.41) is 7.10. The summed E-state index contributed by atoms with van der Waals surface area (Å²) in [6.45, 7) is 4.33. The summed E-state index contributed by atoms with van der Waals surface area (Å²) in [4.78, 5) is 13.5. The van der Waals surface area contributed by atoms with Gasteiger partial charge in [0.15, 0.2) is 0 Å². The molecule has 5 nitrogen and oxygen atoms in total. The number of aryl methyl sites for hydroxylation is 2. The van der Waals surface area contributed by atoms with Crippen LogP contribution in [0.1, 0.15) is 23.1 Å². The first-order valence-corrected chi connectivity index (χ1v) is 7.57. The third-order valence-corrected chi connectivity index (χ3v) is 3.78. The molecule has 0 atom stereocenters. The van der Waals surface area contributed by atoms with Crippen LogP contribution in [-0.2, 0) is 6.54 Å². The van der Waals surface area contributed by atoms with Crippen LogP contribution in [0.2, 0.25) is 0 Å². The van der Waals surface area contributed by atoms with Gasteiger partial charge in [-0.05, 0) is 44.4 Å². The van der Waals surface area contributed by atoms with E-state index < -0.39 is 0 Å². The molecule has 1 aromatic heterocycles. The standard InChI is InChI=1S/C14H18N4OS/c1-4-18-13(12(15)9(2)17-18)14(19)16-10-5-7-11(20-3)8-6-10/h5-8H,4,15H2,1-3H3,(H,16,19). The quantitative estimate of drug-likeness (QED) is 0.849. The van der Waals surface area contributed by atoms with Crippen LogP contribution in [0, 0.1) is 6.92 Å². The van der Waals surface area contributed by atoms with Crippen molar-refractivity contribution in [3.63, 3.8) is 0 Å². The molecule has 0 aliphatic rings. The van der Waals surface area contributed by atoms with Gasteiger partial charge in [0.2, 0.25) is 0 Å². The van der Waals surface area contributed by atoms with E-state index in [9.17, 15) is 4.79 Å². The van der Waals surface area contributed by atoms with Crippen molar-refractivity contribution in [2.45, 2.75) is 25.3 Å². The number of benzene rings is 1. The summed E-state index contributed by atoms with van der Waals surface area (Å²) in [7, 11) is 0. The molecule has 6 heteroatoms. The molecule has 1 aromatic carbocycles. The second-order valence-corrected chi connectivity index (χ2v) is 5.23. The highest BCUT2D eigenvalue weighted by molar-refractivity contribution is 7.98. The number of nitrogens with one attached hydrogen (secondary N) is 1. The number of rotatable bonds is 4. The fraction of sp³-hybridized carbons (Fsp3) is 0.286. The summed E-state index contributed by atoms with van der Waals surface area (Å²) in [6, 6.07) is 7.68. The van der Waals surface area contributed by atoms with Crippen LogP contribution in [0.5, 0.6) is 0 Å². The van der Waals surface area contributed by atoms with Gasteiger partial charge in [-0.25, -0.2) is 0 Å². The van der Waals surface area contributed by atoms with E-state index >= 15 is 0 Å². The van der Waals surface area contributed by atoms with Gasteiger partial charge in [0.05, 0.1) is 11.4 Å². The van der Waals surface area contributed by atoms with Crippen molar-refractivity contribution in [3.05, 3.63) is 35.7 Å². The molecule has 0 spiro atoms. The third kappa shape index (κ3) is 2.80. The predicted octanol–water partition coefficient (Wildman–Crippen LogP) is 2.77. The Hall–Kier alpha value is -1.95. The van der Waals surface area contributed by atoms with Crippen LogP contribution in [0.25, 0.3) is 0 Å². The van der Waals surface area contributed by atoms with E-state index in [1.165, 1.54) is 0 Å². The zero-order valence-electron chi connectivity index (χ0n) is 11.8. The van der Waals surface area contributed by atoms with Gasteiger partial charge in [-0.3, -0.25) is 9.48 Å². The third-order valence-electron chi connectivity index (χ3n) is 3.04. The molecule has 0 bridgehead atoms. The van der Waals surface area contributed by atoms with Crippen LogP contribution in [0.15, 0.2) is 29.2 Å². The number of carbonyl (C=O) groups is 1. The minimum absolute atomic E-state index is 0.234. The maximum Gasteiger partial charge on any atom is 0.276 e. The van der Waals surface area contributed by atoms with E-state index in [-0.39, 0.29) is 5.91 Å². The number of aromatic nitrogens is 2. The van der Waals surface area contributed by atoms with Gasteiger partial charge in [0.1, 0.15) is 5.69 Å². The zero-order valence-corrected chi connectivity index (χ0v) is 12.6. The lowest BCUT2D eigenvalue weighted by atomic mass is 10.2. The summed E-state index contributed by atoms with van der Waals surface area (Å²) in [6.07, 6.45) is 2.01. The maximum atomic E-state index is 12.3. The first-order valence-electron chi connectivity index (χ1n) is 6.35. The Morgan fingerprint density at radius 1 is 1.40 bits per heavy atom. The Kier molecular flexibility index (Phi) is 4.34. The van der Waals surface area contributed by atoms with E-state index in [0.717, 1.165) is 10.6 Å². The molecule has 20 heavy (non-hydrogen) atoms. The van der Waals surface area contributed by atoms with Gasteiger partial charge in [-0.2, -0.15) is 5.10 Å². The topological polar surface area (TPSA) is 72.9 Å². The second-order valence-electron chi connectivity index (χ2n) is 4.35. The molecule has 1 amide bonds. The summed E-state index contributed by atoms with van der Waals surface area (Å²) in [5.41, 5.74) is 8.20. The minimum Gasteiger partial charge on any atom is -0.395 e. The number of nitrogen functional groups attached to an aromatic ring is 1. The Morgan fingerprint density at radius 2 is 2.05 bits per heavy atom. The Bertz CT molecular complexity index is 619. The van der Waals surface area contributed by atoms with E-state index in [1.54, 1.807) is 23.4 Å². The average molecular weight is 290 g/mol. The van der Waals surface area contributed by atoms with Crippen molar-refractivity contribution in [1.82, 2.24) is 9.78 Å². The zero-order chi connectivity index (χ0) is 14.7. The highest BCUT2D eigenvalue weighted by atomic mass is 32.2. The molecule has 2 rings (SSSR count). The molecule has 3 N–H and O–H groups in total. The number of thioether (sulfide) groups is 1. The van der Waals surface area contributed by atoms with Crippen molar-refractivity contribution in [2.75, 3.05) is 17.3 Å². The van der Waals surface area contributed by atoms with Crippen molar-refractivity contribution in [1.29, 1.82) is 0 Å². The first-order chi connectivity index (χ1) is 9.56. The monoisotopic (exact) mass is 290 g/mol. The largest absolute Gasteiger partial charge is 0.395 e. The van der Waals surface area contributed by atoms with Crippen molar-refractivity contribution in [2.24, 2.45) is 0 Å². The van der Waals surface area contributed by atoms with Gasteiger partial charge in [-0.15, -0.1) is 11.8 Å². The average Bonchev–Trinajstić information content (AvgIpc) is 2.75. The van der Waals surface area contributed by atoms with Crippen LogP contribution >= 0.6 is 11.8 Å². The molecule has 0 aliphatic carbocycles. The van der Waals surface area contributed by atoms with Gasteiger partial charge in [-0.1, -0.05) is 0 Å². The molecular formula is C14H18N4OS. The Labute approximate surface area is 122 Å². The van der Waals surface area contributed by atoms with Crippen molar-refractivity contribution < 1.29 is 4.79 Å². The molecule has 0 saturated heterocycles. The highest BCUT2D eigenvalue weighted by Crippen LogP contribution is 2.20. The van der Waals surface area contributed by atoms with Gasteiger partial charge in [0, 0.05) is 17.1 Å². The lowest BCUT2D eigenvalue weighted by Gasteiger charge is -2.08. The molecular weight excluding hydrogens is 272 g/mol. The number of hydrogen-bond donors (Lipinski definition) is 2. The lowest BCUT2D eigenvalue weighted by molar-refractivity contribution is 0.101. The number of nitrogens with two attached hydrogens (primary N) is 1. The molecule has 0 saturated carbocycles. The summed E-state index contributed by atoms with van der Waals surface area (Å²) in [5.74, 6) is -0.234. The van der Waals surface area contributed by atoms with Crippen molar-refractivity contribution in [3.8, 4) is 0 Å². The van der Waals surface area contributed by atoms with Crippen LogP contribution in [0.3, 0.4) is 0 Å².